The number of halogens is 1. The van der Waals surface area contributed by atoms with Crippen LogP contribution in [0, 0.1) is 0 Å². The van der Waals surface area contributed by atoms with E-state index in [9.17, 15) is 0 Å². The first-order valence-corrected chi connectivity index (χ1v) is 7.09. The summed E-state index contributed by atoms with van der Waals surface area (Å²) in [6, 6.07) is 8.61. The maximum Gasteiger partial charge on any atom is 0.145 e. The summed E-state index contributed by atoms with van der Waals surface area (Å²) < 4.78 is 0.880. The molecule has 1 heterocycles. The summed E-state index contributed by atoms with van der Waals surface area (Å²) in [5, 5.41) is 6.42. The van der Waals surface area contributed by atoms with Crippen LogP contribution in [0.2, 0.25) is 0 Å². The van der Waals surface area contributed by atoms with Crippen LogP contribution < -0.4 is 10.6 Å². The first kappa shape index (κ1) is 12.4. The highest BCUT2D eigenvalue weighted by molar-refractivity contribution is 9.10. The van der Waals surface area contributed by atoms with Crippen molar-refractivity contribution in [2.45, 2.75) is 12.3 Å². The molecule has 4 nitrogen and oxygen atoms in total. The third-order valence-corrected chi connectivity index (χ3v) is 4.25. The average molecular weight is 319 g/mol. The van der Waals surface area contributed by atoms with Gasteiger partial charge in [-0.2, -0.15) is 0 Å². The third kappa shape index (κ3) is 2.30. The second kappa shape index (κ2) is 5.17. The van der Waals surface area contributed by atoms with E-state index in [1.54, 1.807) is 6.33 Å². The molecule has 0 radical (unpaired) electrons. The van der Waals surface area contributed by atoms with E-state index in [1.807, 2.05) is 7.05 Å². The monoisotopic (exact) mass is 318 g/mol. The van der Waals surface area contributed by atoms with Gasteiger partial charge in [-0.3, -0.25) is 0 Å². The molecule has 0 fully saturated rings. The SMILES string of the molecule is CNc1ncnc(NCC2Cc3ccccc32)c1Br. The molecule has 98 valence electrons. The van der Waals surface area contributed by atoms with Crippen molar-refractivity contribution in [1.82, 2.24) is 9.97 Å². The van der Waals surface area contributed by atoms with Crippen LogP contribution in [-0.4, -0.2) is 23.6 Å². The van der Waals surface area contributed by atoms with Gasteiger partial charge in [-0.25, -0.2) is 9.97 Å². The molecule has 0 amide bonds. The Balaban J connectivity index is 1.68. The second-order valence-electron chi connectivity index (χ2n) is 4.62. The predicted molar refractivity (Wildman–Crippen MR) is 80.7 cm³/mol. The van der Waals surface area contributed by atoms with Crippen molar-refractivity contribution < 1.29 is 0 Å². The third-order valence-electron chi connectivity index (χ3n) is 3.50. The molecule has 0 saturated carbocycles. The molecule has 0 bridgehead atoms. The molecule has 1 atom stereocenters. The average Bonchev–Trinajstić information content (AvgIpc) is 2.41. The molecule has 1 aromatic heterocycles. The Bertz CT molecular complexity index is 600. The quantitative estimate of drug-likeness (QED) is 0.909. The molecule has 1 aliphatic carbocycles. The highest BCUT2D eigenvalue weighted by atomic mass is 79.9. The van der Waals surface area contributed by atoms with Crippen LogP contribution in [0.15, 0.2) is 35.1 Å². The molecule has 0 aliphatic heterocycles. The van der Waals surface area contributed by atoms with E-state index in [2.05, 4.69) is 60.8 Å². The van der Waals surface area contributed by atoms with E-state index in [1.165, 1.54) is 11.1 Å². The molecule has 0 saturated heterocycles. The Labute approximate surface area is 120 Å². The Hall–Kier alpha value is -1.62. The molecule has 19 heavy (non-hydrogen) atoms. The first-order valence-electron chi connectivity index (χ1n) is 6.29. The van der Waals surface area contributed by atoms with Crippen LogP contribution in [0.3, 0.4) is 0 Å². The lowest BCUT2D eigenvalue weighted by Crippen LogP contribution is -2.24. The fourth-order valence-corrected chi connectivity index (χ4v) is 2.98. The van der Waals surface area contributed by atoms with Gasteiger partial charge in [0, 0.05) is 19.5 Å². The van der Waals surface area contributed by atoms with E-state index < -0.39 is 0 Å². The lowest BCUT2D eigenvalue weighted by Gasteiger charge is -2.30. The highest BCUT2D eigenvalue weighted by Crippen LogP contribution is 2.35. The Morgan fingerprint density at radius 1 is 1.26 bits per heavy atom. The molecule has 1 aliphatic rings. The van der Waals surface area contributed by atoms with E-state index >= 15 is 0 Å². The minimum Gasteiger partial charge on any atom is -0.372 e. The highest BCUT2D eigenvalue weighted by Gasteiger charge is 2.25. The Morgan fingerprint density at radius 2 is 2.05 bits per heavy atom. The maximum atomic E-state index is 4.26. The molecular weight excluding hydrogens is 304 g/mol. The summed E-state index contributed by atoms with van der Waals surface area (Å²) >= 11 is 3.51. The van der Waals surface area contributed by atoms with E-state index in [0.717, 1.165) is 29.1 Å². The summed E-state index contributed by atoms with van der Waals surface area (Å²) in [5.41, 5.74) is 2.92. The smallest absolute Gasteiger partial charge is 0.145 e. The van der Waals surface area contributed by atoms with Crippen LogP contribution in [0.4, 0.5) is 11.6 Å². The summed E-state index contributed by atoms with van der Waals surface area (Å²) in [7, 11) is 1.85. The second-order valence-corrected chi connectivity index (χ2v) is 5.41. The van der Waals surface area contributed by atoms with Gasteiger partial charge in [0.25, 0.3) is 0 Å². The van der Waals surface area contributed by atoms with Gasteiger partial charge in [0.15, 0.2) is 0 Å². The zero-order chi connectivity index (χ0) is 13.2. The normalized spacial score (nSPS) is 16.4. The van der Waals surface area contributed by atoms with E-state index in [0.29, 0.717) is 5.92 Å². The number of anilines is 2. The van der Waals surface area contributed by atoms with Gasteiger partial charge in [0.1, 0.15) is 22.4 Å². The number of benzene rings is 1. The van der Waals surface area contributed by atoms with Gasteiger partial charge in [-0.15, -0.1) is 0 Å². The minimum absolute atomic E-state index is 0.580. The number of aromatic nitrogens is 2. The van der Waals surface area contributed by atoms with E-state index in [4.69, 9.17) is 0 Å². The van der Waals surface area contributed by atoms with Gasteiger partial charge in [-0.1, -0.05) is 24.3 Å². The van der Waals surface area contributed by atoms with Crippen molar-refractivity contribution in [1.29, 1.82) is 0 Å². The van der Waals surface area contributed by atoms with Crippen molar-refractivity contribution >= 4 is 27.6 Å². The van der Waals surface area contributed by atoms with Crippen molar-refractivity contribution in [2.24, 2.45) is 0 Å². The van der Waals surface area contributed by atoms with Crippen molar-refractivity contribution in [2.75, 3.05) is 24.2 Å². The van der Waals surface area contributed by atoms with E-state index in [-0.39, 0.29) is 0 Å². The molecule has 3 rings (SSSR count). The fourth-order valence-electron chi connectivity index (χ4n) is 2.43. The fraction of sp³-hybridized carbons (Fsp3) is 0.286. The van der Waals surface area contributed by atoms with Crippen LogP contribution in [0.5, 0.6) is 0 Å². The van der Waals surface area contributed by atoms with Crippen LogP contribution in [0.25, 0.3) is 0 Å². The molecular formula is C14H15BrN4. The van der Waals surface area contributed by atoms with Crippen LogP contribution in [0.1, 0.15) is 17.0 Å². The van der Waals surface area contributed by atoms with Gasteiger partial charge in [-0.05, 0) is 33.5 Å². The lowest BCUT2D eigenvalue weighted by molar-refractivity contribution is 0.634. The van der Waals surface area contributed by atoms with Gasteiger partial charge in [0.2, 0.25) is 0 Å². The summed E-state index contributed by atoms with van der Waals surface area (Å²) in [4.78, 5) is 8.41. The van der Waals surface area contributed by atoms with Crippen molar-refractivity contribution in [3.63, 3.8) is 0 Å². The molecule has 5 heteroatoms. The van der Waals surface area contributed by atoms with Crippen LogP contribution >= 0.6 is 15.9 Å². The zero-order valence-corrected chi connectivity index (χ0v) is 12.2. The summed E-state index contributed by atoms with van der Waals surface area (Å²) in [6.07, 6.45) is 2.71. The van der Waals surface area contributed by atoms with Gasteiger partial charge in [0.05, 0.1) is 0 Å². The lowest BCUT2D eigenvalue weighted by atomic mass is 9.77. The molecule has 2 N–H and O–H groups in total. The predicted octanol–water partition coefficient (Wildman–Crippen LogP) is 3.03. The standard InChI is InChI=1S/C14H15BrN4/c1-16-13-12(15)14(19-8-18-13)17-7-10-6-9-4-2-3-5-11(9)10/h2-5,8,10H,6-7H2,1H3,(H2,16,17,18,19). The molecule has 0 spiro atoms. The molecule has 2 aromatic rings. The van der Waals surface area contributed by atoms with Crippen molar-refractivity contribution in [3.05, 3.63) is 46.2 Å². The number of nitrogens with zero attached hydrogens (tertiary/aromatic N) is 2. The Kier molecular flexibility index (Phi) is 3.38. The molecule has 1 aromatic carbocycles. The number of hydrogen-bond acceptors (Lipinski definition) is 4. The largest absolute Gasteiger partial charge is 0.372 e. The van der Waals surface area contributed by atoms with Gasteiger partial charge >= 0.3 is 0 Å². The topological polar surface area (TPSA) is 49.8 Å². The van der Waals surface area contributed by atoms with Crippen molar-refractivity contribution in [3.8, 4) is 0 Å². The van der Waals surface area contributed by atoms with Crippen LogP contribution in [-0.2, 0) is 6.42 Å². The maximum absolute atomic E-state index is 4.26. The Morgan fingerprint density at radius 3 is 2.84 bits per heavy atom. The molecule has 1 unspecified atom stereocenters. The van der Waals surface area contributed by atoms with Gasteiger partial charge < -0.3 is 10.6 Å². The summed E-state index contributed by atoms with van der Waals surface area (Å²) in [6.45, 7) is 0.899. The zero-order valence-electron chi connectivity index (χ0n) is 10.7. The number of fused-ring (bicyclic) bond motifs is 1. The first-order chi connectivity index (χ1) is 9.29. The number of hydrogen-bond donors (Lipinski definition) is 2. The number of rotatable bonds is 4. The number of nitrogens with one attached hydrogen (secondary N) is 2. The summed E-state index contributed by atoms with van der Waals surface area (Å²) in [5.74, 6) is 2.21. The minimum atomic E-state index is 0.580.